The number of unbranched alkanes of at least 4 members (excludes halogenated alkanes) is 30. The minimum Gasteiger partial charge on any atom is -0.462 e. The van der Waals surface area contributed by atoms with Crippen molar-refractivity contribution >= 4 is 19.8 Å². The number of hydrogen-bond acceptors (Lipinski definition) is 7. The van der Waals surface area contributed by atoms with Crippen LogP contribution in [0.5, 0.6) is 0 Å². The van der Waals surface area contributed by atoms with Crippen molar-refractivity contribution in [2.75, 3.05) is 47.5 Å². The number of carbonyl (C=O) groups excluding carboxylic acids is 2. The molecule has 0 spiro atoms. The molecule has 0 aromatic heterocycles. The van der Waals surface area contributed by atoms with Crippen LogP contribution in [0.3, 0.4) is 0 Å². The van der Waals surface area contributed by atoms with E-state index in [4.69, 9.17) is 18.5 Å². The third-order valence-electron chi connectivity index (χ3n) is 15.0. The van der Waals surface area contributed by atoms with Gasteiger partial charge in [0.2, 0.25) is 0 Å². The Morgan fingerprint density at radius 2 is 0.663 bits per heavy atom. The molecule has 2 atom stereocenters. The number of phosphoric acid groups is 1. The number of quaternary nitrogens is 1. The Labute approximate surface area is 530 Å². The van der Waals surface area contributed by atoms with Crippen molar-refractivity contribution in [2.24, 2.45) is 0 Å². The van der Waals surface area contributed by atoms with Crippen molar-refractivity contribution in [3.63, 3.8) is 0 Å². The van der Waals surface area contributed by atoms with E-state index in [1.54, 1.807) is 0 Å². The van der Waals surface area contributed by atoms with Crippen molar-refractivity contribution in [1.29, 1.82) is 0 Å². The molecule has 0 aliphatic rings. The summed E-state index contributed by atoms with van der Waals surface area (Å²) in [5, 5.41) is 0. The highest BCUT2D eigenvalue weighted by atomic mass is 31.2. The van der Waals surface area contributed by atoms with Crippen LogP contribution in [-0.4, -0.2) is 74.9 Å². The summed E-state index contributed by atoms with van der Waals surface area (Å²) < 4.78 is 34.7. The van der Waals surface area contributed by atoms with Crippen LogP contribution >= 0.6 is 7.82 Å². The number of ether oxygens (including phenoxy) is 2. The maximum absolute atomic E-state index is 12.9. The van der Waals surface area contributed by atoms with Gasteiger partial charge in [-0.25, -0.2) is 4.57 Å². The molecule has 0 aromatic rings. The summed E-state index contributed by atoms with van der Waals surface area (Å²) in [6.45, 7) is 4.32. The second-order valence-electron chi connectivity index (χ2n) is 24.5. The Morgan fingerprint density at radius 1 is 0.372 bits per heavy atom. The lowest BCUT2D eigenvalue weighted by atomic mass is 10.0. The largest absolute Gasteiger partial charge is 0.472 e. The lowest BCUT2D eigenvalue weighted by Crippen LogP contribution is -2.37. The molecule has 0 aliphatic carbocycles. The summed E-state index contributed by atoms with van der Waals surface area (Å²) >= 11 is 0. The van der Waals surface area contributed by atoms with Gasteiger partial charge in [0.25, 0.3) is 0 Å². The molecule has 0 rings (SSSR count). The molecule has 86 heavy (non-hydrogen) atoms. The highest BCUT2D eigenvalue weighted by Crippen LogP contribution is 2.43. The predicted molar refractivity (Wildman–Crippen MR) is 371 cm³/mol. The van der Waals surface area contributed by atoms with Gasteiger partial charge in [0.1, 0.15) is 19.8 Å². The summed E-state index contributed by atoms with van der Waals surface area (Å²) in [7, 11) is 1.47. The minimum absolute atomic E-state index is 0.0270. The zero-order valence-corrected chi connectivity index (χ0v) is 57.2. The normalized spacial score (nSPS) is 13.9. The average molecular weight is 1220 g/mol. The van der Waals surface area contributed by atoms with Crippen molar-refractivity contribution in [3.8, 4) is 0 Å². The predicted octanol–water partition coefficient (Wildman–Crippen LogP) is 23.0. The Hall–Kier alpha value is -3.59. The quantitative estimate of drug-likeness (QED) is 0.0211. The van der Waals surface area contributed by atoms with E-state index in [1.807, 2.05) is 21.1 Å². The van der Waals surface area contributed by atoms with E-state index in [-0.39, 0.29) is 32.0 Å². The van der Waals surface area contributed by atoms with Crippen LogP contribution in [0, 0.1) is 0 Å². The van der Waals surface area contributed by atoms with Gasteiger partial charge in [-0.2, -0.15) is 0 Å². The smallest absolute Gasteiger partial charge is 0.462 e. The first kappa shape index (κ1) is 82.4. The van der Waals surface area contributed by atoms with Gasteiger partial charge >= 0.3 is 19.8 Å². The van der Waals surface area contributed by atoms with E-state index in [0.717, 1.165) is 96.3 Å². The van der Waals surface area contributed by atoms with Gasteiger partial charge in [0.05, 0.1) is 27.7 Å². The zero-order valence-electron chi connectivity index (χ0n) is 56.3. The van der Waals surface area contributed by atoms with Crippen molar-refractivity contribution < 1.29 is 42.1 Å². The number of nitrogens with zero attached hydrogens (tertiary/aromatic N) is 1. The summed E-state index contributed by atoms with van der Waals surface area (Å²) in [5.74, 6) is -0.799. The summed E-state index contributed by atoms with van der Waals surface area (Å²) in [4.78, 5) is 35.9. The Bertz CT molecular complexity index is 1870. The SMILES string of the molecule is CC/C=C\C/C=C\C/C=C\C/C=C\C/C=C\C/C=C\C/C=C\CCCCCCCCCCCCCCCCCC(=O)OC(COC(=O)CCCCCCCCCCCC/C=C\C/C=C\C/C=C\CCCCCCC)COP(=O)(O)OCC[N+](C)(C)C. The number of carbonyl (C=O) groups is 2. The van der Waals surface area contributed by atoms with Gasteiger partial charge in [-0.3, -0.25) is 18.6 Å². The molecule has 0 aliphatic heterocycles. The van der Waals surface area contributed by atoms with Gasteiger partial charge in [-0.05, 0) is 109 Å². The fraction of sp³-hybridized carbons (Fsp3) is 0.711. The molecule has 0 aromatic carbocycles. The van der Waals surface area contributed by atoms with E-state index in [9.17, 15) is 19.0 Å². The van der Waals surface area contributed by atoms with Crippen LogP contribution in [0.15, 0.2) is 122 Å². The maximum Gasteiger partial charge on any atom is 0.472 e. The lowest BCUT2D eigenvalue weighted by Gasteiger charge is -2.24. The van der Waals surface area contributed by atoms with Crippen LogP contribution < -0.4 is 0 Å². The fourth-order valence-electron chi connectivity index (χ4n) is 9.59. The van der Waals surface area contributed by atoms with E-state index >= 15 is 0 Å². The van der Waals surface area contributed by atoms with Crippen LogP contribution in [-0.2, 0) is 32.7 Å². The van der Waals surface area contributed by atoms with Crippen LogP contribution in [0.25, 0.3) is 0 Å². The summed E-state index contributed by atoms with van der Waals surface area (Å²) in [5.41, 5.74) is 0. The first-order valence-corrected chi connectivity index (χ1v) is 36.8. The molecule has 0 heterocycles. The lowest BCUT2D eigenvalue weighted by molar-refractivity contribution is -0.870. The van der Waals surface area contributed by atoms with Gasteiger partial charge < -0.3 is 18.9 Å². The fourth-order valence-corrected chi connectivity index (χ4v) is 10.3. The van der Waals surface area contributed by atoms with Crippen LogP contribution in [0.1, 0.15) is 296 Å². The molecule has 0 bridgehead atoms. The Kier molecular flexibility index (Phi) is 63.1. The van der Waals surface area contributed by atoms with Gasteiger partial charge in [0.15, 0.2) is 6.10 Å². The molecule has 0 amide bonds. The van der Waals surface area contributed by atoms with E-state index in [0.29, 0.717) is 17.4 Å². The number of esters is 2. The third-order valence-corrected chi connectivity index (χ3v) is 16.0. The topological polar surface area (TPSA) is 108 Å². The maximum atomic E-state index is 12.9. The number of allylic oxidation sites excluding steroid dienone is 20. The van der Waals surface area contributed by atoms with Crippen LogP contribution in [0.2, 0.25) is 0 Å². The van der Waals surface area contributed by atoms with Crippen LogP contribution in [0.4, 0.5) is 0 Å². The molecule has 2 unspecified atom stereocenters. The average Bonchev–Trinajstić information content (AvgIpc) is 3.67. The van der Waals surface area contributed by atoms with Crippen molar-refractivity contribution in [3.05, 3.63) is 122 Å². The van der Waals surface area contributed by atoms with Crippen molar-refractivity contribution in [1.82, 2.24) is 0 Å². The first-order valence-electron chi connectivity index (χ1n) is 35.3. The van der Waals surface area contributed by atoms with Gasteiger partial charge in [0, 0.05) is 12.8 Å². The molecular weight excluding hydrogens is 1090 g/mol. The molecule has 0 radical (unpaired) electrons. The molecule has 0 saturated carbocycles. The molecular formula is C76H133NO8P+. The van der Waals surface area contributed by atoms with E-state index in [1.165, 1.54) is 167 Å². The third kappa shape index (κ3) is 69.5. The first-order chi connectivity index (χ1) is 42.0. The highest BCUT2D eigenvalue weighted by Gasteiger charge is 2.27. The van der Waals surface area contributed by atoms with E-state index < -0.39 is 26.5 Å². The second-order valence-corrected chi connectivity index (χ2v) is 26.0. The number of phosphoric ester groups is 1. The summed E-state index contributed by atoms with van der Waals surface area (Å²) in [6.07, 6.45) is 94.4. The molecule has 0 fully saturated rings. The van der Waals surface area contributed by atoms with Crippen molar-refractivity contribution in [2.45, 2.75) is 302 Å². The van der Waals surface area contributed by atoms with E-state index in [2.05, 4.69) is 135 Å². The number of likely N-dealkylation sites (N-methyl/N-ethyl adjacent to an activating group) is 1. The number of rotatable bonds is 64. The second kappa shape index (κ2) is 65.8. The minimum atomic E-state index is -4.40. The highest BCUT2D eigenvalue weighted by molar-refractivity contribution is 7.47. The standard InChI is InChI=1S/C76H132NO8P/c1-6-8-10-12-14-16-18-20-22-24-26-28-30-32-33-34-35-36-37-38-39-40-41-42-43-45-47-49-51-53-55-57-59-61-63-65-67-69-76(79)85-74(73-84-86(80,81)83-71-70-77(3,4)5)72-82-75(78)68-66-64-62-60-58-56-54-52-50-48-46-44-31-29-27-25-23-21-19-17-15-13-11-9-7-2/h8,10,14,16,19-22,25-28,31-33,35-36,38-39,44,74H,6-7,9,11-13,15,17-18,23-24,29-30,34,37,40-43,45-73H2,1-5H3/p+1/b10-8-,16-14-,21-19-,22-20-,27-25-,28-26-,33-32-,36-35-,39-38-,44-31-. The Balaban J connectivity index is 4.06. The van der Waals surface area contributed by atoms with Gasteiger partial charge in [-0.15, -0.1) is 0 Å². The zero-order chi connectivity index (χ0) is 62.6. The Morgan fingerprint density at radius 3 is 0.988 bits per heavy atom. The molecule has 10 heteroatoms. The molecule has 494 valence electrons. The van der Waals surface area contributed by atoms with Gasteiger partial charge in [-0.1, -0.05) is 296 Å². The summed E-state index contributed by atoms with van der Waals surface area (Å²) in [6, 6.07) is 0. The molecule has 1 N–H and O–H groups in total. The monoisotopic (exact) mass is 1220 g/mol. The molecule has 9 nitrogen and oxygen atoms in total. The number of hydrogen-bond donors (Lipinski definition) is 1. The molecule has 0 saturated heterocycles.